The van der Waals surface area contributed by atoms with Crippen LogP contribution in [-0.2, 0) is 4.79 Å². The molecule has 0 saturated heterocycles. The Morgan fingerprint density at radius 1 is 1.10 bits per heavy atom. The van der Waals surface area contributed by atoms with Crippen molar-refractivity contribution in [2.24, 2.45) is 5.92 Å². The van der Waals surface area contributed by atoms with Crippen LogP contribution in [0.5, 0.6) is 0 Å². The van der Waals surface area contributed by atoms with Crippen LogP contribution in [-0.4, -0.2) is 5.78 Å². The Hall–Kier alpha value is -0.850. The molecule has 10 heavy (non-hydrogen) atoms. The monoisotopic (exact) mass is 138 g/mol. The van der Waals surface area contributed by atoms with E-state index in [4.69, 9.17) is 0 Å². The van der Waals surface area contributed by atoms with Crippen LogP contribution in [0, 0.1) is 5.92 Å². The first kappa shape index (κ1) is 9.15. The molecule has 0 atom stereocenters. The van der Waals surface area contributed by atoms with Gasteiger partial charge in [0.1, 0.15) is 5.78 Å². The van der Waals surface area contributed by atoms with Gasteiger partial charge in [-0.3, -0.25) is 4.79 Å². The van der Waals surface area contributed by atoms with Crippen molar-refractivity contribution >= 4 is 5.78 Å². The largest absolute Gasteiger partial charge is 0.299 e. The minimum absolute atomic E-state index is 0.125. The summed E-state index contributed by atoms with van der Waals surface area (Å²) in [6.45, 7) is 12.7. The average Bonchev–Trinajstić information content (AvgIpc) is 1.59. The van der Waals surface area contributed by atoms with E-state index in [1.807, 2.05) is 13.8 Å². The summed E-state index contributed by atoms with van der Waals surface area (Å²) in [6, 6.07) is 0. The predicted octanol–water partition coefficient (Wildman–Crippen LogP) is 2.34. The van der Waals surface area contributed by atoms with Crippen LogP contribution in [0.3, 0.4) is 0 Å². The third-order valence-electron chi connectivity index (χ3n) is 1.39. The summed E-state index contributed by atoms with van der Waals surface area (Å²) in [5.41, 5.74) is 1.75. The zero-order chi connectivity index (χ0) is 8.31. The zero-order valence-corrected chi connectivity index (χ0v) is 6.90. The maximum Gasteiger partial charge on any atom is 0.140 e. The van der Waals surface area contributed by atoms with E-state index in [2.05, 4.69) is 13.2 Å². The fourth-order valence-corrected chi connectivity index (χ4v) is 1.11. The van der Waals surface area contributed by atoms with E-state index >= 15 is 0 Å². The molecule has 0 heterocycles. The molecule has 0 aliphatic rings. The Bertz CT molecular complexity index is 144. The summed E-state index contributed by atoms with van der Waals surface area (Å²) < 4.78 is 0. The number of rotatable bonds is 3. The predicted molar refractivity (Wildman–Crippen MR) is 43.8 cm³/mol. The van der Waals surface area contributed by atoms with Gasteiger partial charge in [0.2, 0.25) is 0 Å². The summed E-state index contributed by atoms with van der Waals surface area (Å²) in [5.74, 6) is -0.0139. The summed E-state index contributed by atoms with van der Waals surface area (Å²) in [6.07, 6.45) is 0. The second-order valence-electron chi connectivity index (χ2n) is 2.74. The molecule has 0 unspecified atom stereocenters. The molecule has 0 rings (SSSR count). The van der Waals surface area contributed by atoms with E-state index in [0.29, 0.717) is 0 Å². The number of carbonyl (C=O) groups is 1. The highest BCUT2D eigenvalue weighted by Crippen LogP contribution is 2.17. The molecule has 0 saturated carbocycles. The van der Waals surface area contributed by atoms with Gasteiger partial charge in [-0.25, -0.2) is 0 Å². The van der Waals surface area contributed by atoms with E-state index < -0.39 is 0 Å². The van der Waals surface area contributed by atoms with Crippen LogP contribution in [0.1, 0.15) is 20.8 Å². The van der Waals surface area contributed by atoms with Crippen LogP contribution >= 0.6 is 0 Å². The van der Waals surface area contributed by atoms with Crippen molar-refractivity contribution in [2.75, 3.05) is 0 Å². The average molecular weight is 138 g/mol. The van der Waals surface area contributed by atoms with Crippen LogP contribution in [0.25, 0.3) is 0 Å². The Balaban J connectivity index is 4.43. The molecule has 0 aromatic heterocycles. The number of carbonyl (C=O) groups excluding carboxylic acids is 1. The number of Topliss-reactive ketones (excluding diaryl/α,β-unsaturated/α-hetero) is 1. The first-order valence-electron chi connectivity index (χ1n) is 3.28. The molecule has 0 N–H and O–H groups in total. The molecular weight excluding hydrogens is 124 g/mol. The van der Waals surface area contributed by atoms with Gasteiger partial charge in [0.05, 0.1) is 5.92 Å². The molecule has 0 aliphatic heterocycles. The van der Waals surface area contributed by atoms with Crippen molar-refractivity contribution < 1.29 is 4.79 Å². The Labute approximate surface area is 62.4 Å². The molecule has 0 bridgehead atoms. The zero-order valence-electron chi connectivity index (χ0n) is 6.90. The first-order valence-corrected chi connectivity index (χ1v) is 3.28. The lowest BCUT2D eigenvalue weighted by atomic mass is 9.92. The van der Waals surface area contributed by atoms with E-state index in [1.165, 1.54) is 0 Å². The van der Waals surface area contributed by atoms with Gasteiger partial charge in [-0.15, -0.1) is 0 Å². The summed E-state index contributed by atoms with van der Waals surface area (Å²) in [5, 5.41) is 0. The number of hydrogen-bond acceptors (Lipinski definition) is 1. The molecule has 0 fully saturated rings. The van der Waals surface area contributed by atoms with Gasteiger partial charge in [0.15, 0.2) is 0 Å². The lowest BCUT2D eigenvalue weighted by molar-refractivity contribution is -0.118. The van der Waals surface area contributed by atoms with E-state index in [1.54, 1.807) is 6.92 Å². The normalized spacial score (nSPS) is 9.60. The van der Waals surface area contributed by atoms with Gasteiger partial charge < -0.3 is 0 Å². The summed E-state index contributed by atoms with van der Waals surface area (Å²) in [7, 11) is 0. The molecular formula is C9H14O. The topological polar surface area (TPSA) is 17.1 Å². The molecule has 0 radical (unpaired) electrons. The number of ketones is 1. The Morgan fingerprint density at radius 2 is 1.40 bits per heavy atom. The summed E-state index contributed by atoms with van der Waals surface area (Å²) >= 11 is 0. The van der Waals surface area contributed by atoms with E-state index in [9.17, 15) is 4.79 Å². The lowest BCUT2D eigenvalue weighted by Gasteiger charge is -2.12. The van der Waals surface area contributed by atoms with Gasteiger partial charge in [0.25, 0.3) is 0 Å². The van der Waals surface area contributed by atoms with Gasteiger partial charge in [-0.05, 0) is 20.8 Å². The van der Waals surface area contributed by atoms with Crippen LogP contribution < -0.4 is 0 Å². The van der Waals surface area contributed by atoms with Crippen molar-refractivity contribution in [2.45, 2.75) is 20.8 Å². The van der Waals surface area contributed by atoms with Gasteiger partial charge in [-0.1, -0.05) is 24.3 Å². The molecule has 0 aliphatic carbocycles. The second kappa shape index (κ2) is 3.35. The number of allylic oxidation sites excluding steroid dienone is 2. The maximum absolute atomic E-state index is 10.9. The van der Waals surface area contributed by atoms with Gasteiger partial charge in [-0.2, -0.15) is 0 Å². The fraction of sp³-hybridized carbons (Fsp3) is 0.444. The molecule has 0 aromatic carbocycles. The SMILES string of the molecule is C=C(C)C(C(=C)C)C(C)=O. The van der Waals surface area contributed by atoms with Crippen molar-refractivity contribution in [3.05, 3.63) is 24.3 Å². The Morgan fingerprint density at radius 3 is 1.40 bits per heavy atom. The smallest absolute Gasteiger partial charge is 0.140 e. The van der Waals surface area contributed by atoms with Gasteiger partial charge in [0, 0.05) is 0 Å². The standard InChI is InChI=1S/C9H14O/c1-6(2)9(7(3)4)8(5)10/h9H,1,3H2,2,4-5H3. The molecule has 0 spiro atoms. The van der Waals surface area contributed by atoms with Crippen molar-refractivity contribution in [3.8, 4) is 0 Å². The quantitative estimate of drug-likeness (QED) is 0.547. The molecule has 56 valence electrons. The van der Waals surface area contributed by atoms with E-state index in [0.717, 1.165) is 11.1 Å². The molecule has 1 nitrogen and oxygen atoms in total. The highest BCUT2D eigenvalue weighted by molar-refractivity contribution is 5.83. The number of hydrogen-bond donors (Lipinski definition) is 0. The fourth-order valence-electron chi connectivity index (χ4n) is 1.11. The highest BCUT2D eigenvalue weighted by atomic mass is 16.1. The van der Waals surface area contributed by atoms with Crippen molar-refractivity contribution in [1.82, 2.24) is 0 Å². The minimum atomic E-state index is -0.139. The third-order valence-corrected chi connectivity index (χ3v) is 1.39. The van der Waals surface area contributed by atoms with Crippen molar-refractivity contribution in [1.29, 1.82) is 0 Å². The summed E-state index contributed by atoms with van der Waals surface area (Å²) in [4.78, 5) is 10.9. The third kappa shape index (κ3) is 2.18. The first-order chi connectivity index (χ1) is 4.46. The molecule has 1 heteroatoms. The molecule has 0 aromatic rings. The maximum atomic E-state index is 10.9. The Kier molecular flexibility index (Phi) is 3.07. The highest BCUT2D eigenvalue weighted by Gasteiger charge is 2.14. The van der Waals surface area contributed by atoms with Gasteiger partial charge >= 0.3 is 0 Å². The minimum Gasteiger partial charge on any atom is -0.299 e. The van der Waals surface area contributed by atoms with Crippen LogP contribution in [0.2, 0.25) is 0 Å². The van der Waals surface area contributed by atoms with Crippen LogP contribution in [0.4, 0.5) is 0 Å². The second-order valence-corrected chi connectivity index (χ2v) is 2.74. The molecule has 0 amide bonds. The van der Waals surface area contributed by atoms with Crippen molar-refractivity contribution in [3.63, 3.8) is 0 Å². The van der Waals surface area contributed by atoms with Crippen LogP contribution in [0.15, 0.2) is 24.3 Å². The van der Waals surface area contributed by atoms with E-state index in [-0.39, 0.29) is 11.7 Å². The lowest BCUT2D eigenvalue weighted by Crippen LogP contribution is -2.12.